The Kier molecular flexibility index (Phi) is 4.91. The summed E-state index contributed by atoms with van der Waals surface area (Å²) in [6.45, 7) is 0. The second-order valence-corrected chi connectivity index (χ2v) is 7.91. The van der Waals surface area contributed by atoms with Crippen molar-refractivity contribution in [3.63, 3.8) is 0 Å². The van der Waals surface area contributed by atoms with E-state index in [0.29, 0.717) is 11.1 Å². The summed E-state index contributed by atoms with van der Waals surface area (Å²) in [6.07, 6.45) is 0. The first kappa shape index (κ1) is 21.0. The van der Waals surface area contributed by atoms with Crippen LogP contribution >= 0.6 is 0 Å². The van der Waals surface area contributed by atoms with Crippen LogP contribution in [0.3, 0.4) is 0 Å². The summed E-state index contributed by atoms with van der Waals surface area (Å²) < 4.78 is 0. The van der Waals surface area contributed by atoms with Crippen LogP contribution in [0.2, 0.25) is 0 Å². The van der Waals surface area contributed by atoms with Gasteiger partial charge in [-0.1, -0.05) is 60.7 Å². The highest BCUT2D eigenvalue weighted by Gasteiger charge is 2.16. The second kappa shape index (κ2) is 7.94. The predicted octanol–water partition coefficient (Wildman–Crippen LogP) is 1.55. The minimum Gasteiger partial charge on any atom is -0.507 e. The van der Waals surface area contributed by atoms with Gasteiger partial charge in [0.15, 0.2) is 10.9 Å². The van der Waals surface area contributed by atoms with Gasteiger partial charge in [-0.05, 0) is 24.3 Å². The molecular formula is C28H18N2O4. The van der Waals surface area contributed by atoms with Crippen molar-refractivity contribution in [2.75, 3.05) is 0 Å². The third kappa shape index (κ3) is 3.12. The van der Waals surface area contributed by atoms with Gasteiger partial charge in [-0.3, -0.25) is 20.4 Å². The van der Waals surface area contributed by atoms with Gasteiger partial charge in [-0.2, -0.15) is 0 Å². The zero-order valence-electron chi connectivity index (χ0n) is 17.8. The van der Waals surface area contributed by atoms with Crippen LogP contribution in [0.25, 0.3) is 22.3 Å². The number of hydrogen-bond donors (Lipinski definition) is 4. The Morgan fingerprint density at radius 3 is 1.56 bits per heavy atom. The molecule has 0 radical (unpaired) electrons. The van der Waals surface area contributed by atoms with Crippen LogP contribution in [0.5, 0.6) is 0 Å². The third-order valence-corrected chi connectivity index (χ3v) is 5.94. The zero-order chi connectivity index (χ0) is 24.0. The number of aliphatic hydroxyl groups excluding tert-OH is 2. The number of benzene rings is 3. The van der Waals surface area contributed by atoms with E-state index in [1.807, 2.05) is 0 Å². The molecule has 2 aliphatic rings. The lowest BCUT2D eigenvalue weighted by atomic mass is 9.97. The van der Waals surface area contributed by atoms with Crippen molar-refractivity contribution >= 4 is 22.3 Å². The lowest BCUT2D eigenvalue weighted by molar-refractivity contribution is 0.506. The van der Waals surface area contributed by atoms with Crippen molar-refractivity contribution in [1.82, 2.24) is 0 Å². The molecule has 0 heterocycles. The Balaban J connectivity index is 2.17. The molecular weight excluding hydrogens is 428 g/mol. The third-order valence-electron chi connectivity index (χ3n) is 5.94. The van der Waals surface area contributed by atoms with E-state index in [4.69, 9.17) is 10.8 Å². The Bertz CT molecular complexity index is 1990. The van der Waals surface area contributed by atoms with Gasteiger partial charge in [0.2, 0.25) is 0 Å². The van der Waals surface area contributed by atoms with E-state index in [2.05, 4.69) is 0 Å². The maximum absolute atomic E-state index is 13.7. The molecule has 3 aromatic rings. The summed E-state index contributed by atoms with van der Waals surface area (Å²) in [5.41, 5.74) is -0.301. The fraction of sp³-hybridized carbons (Fsp3) is 0. The van der Waals surface area contributed by atoms with Crippen molar-refractivity contribution < 1.29 is 10.2 Å². The van der Waals surface area contributed by atoms with Gasteiger partial charge in [0.25, 0.3) is 0 Å². The van der Waals surface area contributed by atoms with Crippen LogP contribution in [0.4, 0.5) is 0 Å². The Morgan fingerprint density at radius 1 is 0.588 bits per heavy atom. The number of rotatable bonds is 2. The quantitative estimate of drug-likeness (QED) is 0.329. The molecule has 0 fully saturated rings. The standard InChI is InChI=1S/C28H18N2O4/c29-20-14-13-19-23(24(20)30)28(34)22-18(26(32)16-9-5-2-6-10-16)12-11-17(21(22)27(19)33)25(31)15-7-3-1-4-8-15/h1-14,29-32H. The Labute approximate surface area is 191 Å². The van der Waals surface area contributed by atoms with E-state index in [-0.39, 0.29) is 53.9 Å². The molecule has 2 aliphatic carbocycles. The van der Waals surface area contributed by atoms with E-state index in [0.717, 1.165) is 0 Å². The normalized spacial score (nSPS) is 13.2. The van der Waals surface area contributed by atoms with E-state index in [1.54, 1.807) is 60.7 Å². The van der Waals surface area contributed by atoms with Crippen LogP contribution in [0.15, 0.2) is 94.5 Å². The predicted molar refractivity (Wildman–Crippen MR) is 128 cm³/mol. The number of hydrogen-bond acceptors (Lipinski definition) is 6. The van der Waals surface area contributed by atoms with Crippen LogP contribution in [-0.2, 0) is 0 Å². The van der Waals surface area contributed by atoms with Crippen molar-refractivity contribution in [3.8, 4) is 0 Å². The Hall–Kier alpha value is -4.84. The zero-order valence-corrected chi connectivity index (χ0v) is 17.8. The highest BCUT2D eigenvalue weighted by molar-refractivity contribution is 5.88. The van der Waals surface area contributed by atoms with Crippen molar-refractivity contribution in [2.45, 2.75) is 0 Å². The molecule has 4 N–H and O–H groups in total. The van der Waals surface area contributed by atoms with Gasteiger partial charge >= 0.3 is 0 Å². The average Bonchev–Trinajstić information content (AvgIpc) is 2.88. The van der Waals surface area contributed by atoms with Gasteiger partial charge in [0.1, 0.15) is 11.5 Å². The summed E-state index contributed by atoms with van der Waals surface area (Å²) in [4.78, 5) is 27.4. The van der Waals surface area contributed by atoms with Crippen LogP contribution in [0, 0.1) is 21.3 Å². The monoisotopic (exact) mass is 446 g/mol. The first-order chi connectivity index (χ1) is 16.4. The highest BCUT2D eigenvalue weighted by Crippen LogP contribution is 2.11. The smallest absolute Gasteiger partial charge is 0.197 e. The summed E-state index contributed by atoms with van der Waals surface area (Å²) in [5.74, 6) is -0.392. The first-order valence-corrected chi connectivity index (χ1v) is 10.5. The molecule has 0 unspecified atom stereocenters. The fourth-order valence-electron chi connectivity index (χ4n) is 4.26. The molecule has 5 rings (SSSR count). The average molecular weight is 446 g/mol. The summed E-state index contributed by atoms with van der Waals surface area (Å²) in [6, 6.07) is 22.9. The molecule has 0 spiro atoms. The molecule has 0 saturated heterocycles. The first-order valence-electron chi connectivity index (χ1n) is 10.5. The Morgan fingerprint density at radius 2 is 1.06 bits per heavy atom. The molecule has 164 valence electrons. The molecule has 0 saturated carbocycles. The van der Waals surface area contributed by atoms with E-state index < -0.39 is 10.9 Å². The molecule has 6 heteroatoms. The highest BCUT2D eigenvalue weighted by atomic mass is 16.3. The maximum Gasteiger partial charge on any atom is 0.197 e. The van der Waals surface area contributed by atoms with Gasteiger partial charge in [-0.25, -0.2) is 0 Å². The number of fused-ring (bicyclic) bond motifs is 1. The van der Waals surface area contributed by atoms with Crippen molar-refractivity contribution in [3.05, 3.63) is 148 Å². The molecule has 6 nitrogen and oxygen atoms in total. The van der Waals surface area contributed by atoms with Gasteiger partial charge in [0, 0.05) is 37.6 Å². The molecule has 0 aliphatic heterocycles. The van der Waals surface area contributed by atoms with Gasteiger partial charge in [0.05, 0.1) is 15.9 Å². The van der Waals surface area contributed by atoms with Gasteiger partial charge in [-0.15, -0.1) is 0 Å². The summed E-state index contributed by atoms with van der Waals surface area (Å²) in [5, 5.41) is 37.7. The van der Waals surface area contributed by atoms with Crippen LogP contribution in [-0.4, -0.2) is 10.2 Å². The molecule has 3 aromatic carbocycles. The minimum atomic E-state index is -0.649. The molecule has 0 bridgehead atoms. The topological polar surface area (TPSA) is 122 Å². The summed E-state index contributed by atoms with van der Waals surface area (Å²) in [7, 11) is 0. The lowest BCUT2D eigenvalue weighted by Crippen LogP contribution is -2.36. The van der Waals surface area contributed by atoms with E-state index >= 15 is 0 Å². The molecule has 34 heavy (non-hydrogen) atoms. The SMILES string of the molecule is N=c1ccc2c(=O)c3c(=C(O)c4ccccc4)ccc(=C(O)c4ccccc4)c3c(=O)c=2c1=N. The maximum atomic E-state index is 13.7. The van der Waals surface area contributed by atoms with E-state index in [1.165, 1.54) is 24.3 Å². The van der Waals surface area contributed by atoms with Crippen LogP contribution < -0.4 is 32.0 Å². The minimum absolute atomic E-state index is 0.00281. The molecule has 0 atom stereocenters. The van der Waals surface area contributed by atoms with Crippen molar-refractivity contribution in [1.29, 1.82) is 10.8 Å². The summed E-state index contributed by atoms with van der Waals surface area (Å²) >= 11 is 0. The van der Waals surface area contributed by atoms with Crippen LogP contribution in [0.1, 0.15) is 11.1 Å². The lowest BCUT2D eigenvalue weighted by Gasteiger charge is -2.07. The molecule has 0 aromatic heterocycles. The fourth-order valence-corrected chi connectivity index (χ4v) is 4.26. The number of nitrogens with one attached hydrogen (secondary N) is 2. The number of aliphatic hydroxyl groups is 2. The second-order valence-electron chi connectivity index (χ2n) is 7.91. The van der Waals surface area contributed by atoms with Crippen molar-refractivity contribution in [2.24, 2.45) is 0 Å². The largest absolute Gasteiger partial charge is 0.507 e. The van der Waals surface area contributed by atoms with E-state index in [9.17, 15) is 19.8 Å². The van der Waals surface area contributed by atoms with Gasteiger partial charge < -0.3 is 10.2 Å². The molecule has 0 amide bonds.